The highest BCUT2D eigenvalue weighted by molar-refractivity contribution is 5.91. The highest BCUT2D eigenvalue weighted by atomic mass is 16.5. The first-order valence-corrected chi connectivity index (χ1v) is 7.68. The summed E-state index contributed by atoms with van der Waals surface area (Å²) in [5.41, 5.74) is 1.75. The van der Waals surface area contributed by atoms with Crippen molar-refractivity contribution in [2.75, 3.05) is 13.7 Å². The van der Waals surface area contributed by atoms with Gasteiger partial charge in [-0.25, -0.2) is 4.79 Å². The number of amides is 1. The maximum Gasteiger partial charge on any atom is 0.341 e. The smallest absolute Gasteiger partial charge is 0.341 e. The van der Waals surface area contributed by atoms with Crippen LogP contribution in [0, 0.1) is 0 Å². The van der Waals surface area contributed by atoms with Gasteiger partial charge in [0.15, 0.2) is 6.61 Å². The first kappa shape index (κ1) is 16.0. The van der Waals surface area contributed by atoms with Gasteiger partial charge in [0.25, 0.3) is 5.91 Å². The second kappa shape index (κ2) is 6.74. The summed E-state index contributed by atoms with van der Waals surface area (Å²) >= 11 is 0. The van der Waals surface area contributed by atoms with Crippen LogP contribution in [-0.2, 0) is 11.3 Å². The van der Waals surface area contributed by atoms with Crippen LogP contribution in [0.4, 0.5) is 0 Å². The van der Waals surface area contributed by atoms with Crippen molar-refractivity contribution in [2.45, 2.75) is 25.3 Å². The van der Waals surface area contributed by atoms with Gasteiger partial charge in [-0.3, -0.25) is 4.79 Å². The van der Waals surface area contributed by atoms with Gasteiger partial charge in [-0.05, 0) is 30.5 Å². The Morgan fingerprint density at radius 1 is 1.33 bits per heavy atom. The largest absolute Gasteiger partial charge is 0.482 e. The van der Waals surface area contributed by atoms with E-state index in [0.717, 1.165) is 24.1 Å². The summed E-state index contributed by atoms with van der Waals surface area (Å²) in [7, 11) is 1.69. The van der Waals surface area contributed by atoms with Crippen molar-refractivity contribution in [1.82, 2.24) is 10.1 Å². The molecule has 1 fully saturated rings. The van der Waals surface area contributed by atoms with Crippen molar-refractivity contribution in [2.24, 2.45) is 0 Å². The van der Waals surface area contributed by atoms with Crippen LogP contribution in [0.25, 0.3) is 0 Å². The number of nitrogens with zero attached hydrogens (tertiary/aromatic N) is 2. The molecule has 0 bridgehead atoms. The van der Waals surface area contributed by atoms with E-state index in [1.54, 1.807) is 42.3 Å². The molecule has 1 amide bonds. The Hall–Kier alpha value is -2.83. The maximum absolute atomic E-state index is 12.4. The van der Waals surface area contributed by atoms with Crippen LogP contribution in [0.5, 0.6) is 5.75 Å². The Bertz CT molecular complexity index is 734. The highest BCUT2D eigenvalue weighted by Crippen LogP contribution is 2.39. The second-order valence-corrected chi connectivity index (χ2v) is 5.88. The van der Waals surface area contributed by atoms with Crippen LogP contribution in [-0.4, -0.2) is 40.7 Å². The predicted molar refractivity (Wildman–Crippen MR) is 83.8 cm³/mol. The monoisotopic (exact) mass is 330 g/mol. The number of aromatic nitrogens is 1. The van der Waals surface area contributed by atoms with Gasteiger partial charge in [0, 0.05) is 25.6 Å². The summed E-state index contributed by atoms with van der Waals surface area (Å²) in [6.07, 6.45) is 2.21. The van der Waals surface area contributed by atoms with Gasteiger partial charge in [0.05, 0.1) is 5.69 Å². The summed E-state index contributed by atoms with van der Waals surface area (Å²) in [5, 5.41) is 12.5. The summed E-state index contributed by atoms with van der Waals surface area (Å²) in [6.45, 7) is 0.0179. The van der Waals surface area contributed by atoms with E-state index in [4.69, 9.17) is 14.4 Å². The molecule has 0 spiro atoms. The molecule has 1 heterocycles. The van der Waals surface area contributed by atoms with Crippen LogP contribution in [0.1, 0.15) is 40.6 Å². The minimum atomic E-state index is -1.03. The summed E-state index contributed by atoms with van der Waals surface area (Å²) < 4.78 is 10.2. The number of benzene rings is 1. The zero-order chi connectivity index (χ0) is 17.1. The van der Waals surface area contributed by atoms with Crippen LogP contribution < -0.4 is 4.74 Å². The van der Waals surface area contributed by atoms with E-state index in [9.17, 15) is 9.59 Å². The third-order valence-electron chi connectivity index (χ3n) is 3.79. The number of hydrogen-bond donors (Lipinski definition) is 1. The lowest BCUT2D eigenvalue weighted by Crippen LogP contribution is -2.25. The minimum Gasteiger partial charge on any atom is -0.482 e. The van der Waals surface area contributed by atoms with Crippen LogP contribution in [0.15, 0.2) is 34.9 Å². The van der Waals surface area contributed by atoms with Gasteiger partial charge < -0.3 is 19.3 Å². The first-order chi connectivity index (χ1) is 11.5. The average Bonchev–Trinajstić information content (AvgIpc) is 3.30. The lowest BCUT2D eigenvalue weighted by Gasteiger charge is -2.15. The van der Waals surface area contributed by atoms with Crippen molar-refractivity contribution >= 4 is 11.9 Å². The number of rotatable bonds is 7. The van der Waals surface area contributed by atoms with Crippen molar-refractivity contribution in [3.05, 3.63) is 47.3 Å². The zero-order valence-electron chi connectivity index (χ0n) is 13.3. The Balaban J connectivity index is 1.57. The number of carboxylic acid groups (broad SMARTS) is 1. The summed E-state index contributed by atoms with van der Waals surface area (Å²) in [4.78, 5) is 24.4. The van der Waals surface area contributed by atoms with E-state index in [1.807, 2.05) is 0 Å². The standard InChI is InChI=1S/C17H18N2O5/c1-19(17(22)15-8-14(18-24-15)12-4-5-12)9-11-2-6-13(7-3-11)23-10-16(20)21/h2-3,6-8,12H,4-5,9-10H2,1H3,(H,20,21). The zero-order valence-corrected chi connectivity index (χ0v) is 13.3. The van der Waals surface area contributed by atoms with Gasteiger partial charge in [-0.1, -0.05) is 17.3 Å². The van der Waals surface area contributed by atoms with Crippen LogP contribution in [0.3, 0.4) is 0 Å². The van der Waals surface area contributed by atoms with E-state index in [2.05, 4.69) is 5.16 Å². The number of aliphatic carboxylic acids is 1. The normalized spacial score (nSPS) is 13.5. The fourth-order valence-electron chi connectivity index (χ4n) is 2.33. The molecule has 0 radical (unpaired) electrons. The Morgan fingerprint density at radius 2 is 2.04 bits per heavy atom. The molecule has 2 aromatic rings. The van der Waals surface area contributed by atoms with E-state index in [-0.39, 0.29) is 18.3 Å². The third kappa shape index (κ3) is 3.92. The molecule has 1 aromatic carbocycles. The summed E-state index contributed by atoms with van der Waals surface area (Å²) in [5.74, 6) is -0.0816. The molecule has 0 atom stereocenters. The van der Waals surface area contributed by atoms with Crippen molar-refractivity contribution < 1.29 is 24.0 Å². The van der Waals surface area contributed by atoms with Crippen molar-refractivity contribution in [3.63, 3.8) is 0 Å². The predicted octanol–water partition coefficient (Wildman–Crippen LogP) is 2.29. The molecule has 24 heavy (non-hydrogen) atoms. The Kier molecular flexibility index (Phi) is 4.50. The molecule has 1 aliphatic carbocycles. The van der Waals surface area contributed by atoms with E-state index in [0.29, 0.717) is 18.2 Å². The Labute approximate surface area is 138 Å². The fourth-order valence-corrected chi connectivity index (χ4v) is 2.33. The van der Waals surface area contributed by atoms with E-state index in [1.165, 1.54) is 0 Å². The molecular formula is C17H18N2O5. The topological polar surface area (TPSA) is 92.9 Å². The third-order valence-corrected chi connectivity index (χ3v) is 3.79. The molecule has 0 unspecified atom stereocenters. The molecule has 1 N–H and O–H groups in total. The number of ether oxygens (including phenoxy) is 1. The number of carbonyl (C=O) groups excluding carboxylic acids is 1. The summed E-state index contributed by atoms with van der Waals surface area (Å²) in [6, 6.07) is 8.65. The molecule has 7 heteroatoms. The molecule has 1 saturated carbocycles. The van der Waals surface area contributed by atoms with Gasteiger partial charge >= 0.3 is 5.97 Å². The number of hydrogen-bond acceptors (Lipinski definition) is 5. The molecule has 0 aliphatic heterocycles. The number of carboxylic acids is 1. The molecule has 126 valence electrons. The fraction of sp³-hybridized carbons (Fsp3) is 0.353. The van der Waals surface area contributed by atoms with Gasteiger partial charge in [0.2, 0.25) is 5.76 Å². The van der Waals surface area contributed by atoms with Crippen LogP contribution >= 0.6 is 0 Å². The quantitative estimate of drug-likeness (QED) is 0.837. The van der Waals surface area contributed by atoms with Crippen LogP contribution in [0.2, 0.25) is 0 Å². The maximum atomic E-state index is 12.4. The molecule has 3 rings (SSSR count). The van der Waals surface area contributed by atoms with E-state index >= 15 is 0 Å². The van der Waals surface area contributed by atoms with E-state index < -0.39 is 5.97 Å². The molecule has 7 nitrogen and oxygen atoms in total. The van der Waals surface area contributed by atoms with Gasteiger partial charge in [0.1, 0.15) is 5.75 Å². The molecule has 0 saturated heterocycles. The lowest BCUT2D eigenvalue weighted by atomic mass is 10.2. The Morgan fingerprint density at radius 3 is 2.67 bits per heavy atom. The number of carbonyl (C=O) groups is 2. The first-order valence-electron chi connectivity index (χ1n) is 7.68. The highest BCUT2D eigenvalue weighted by Gasteiger charge is 2.28. The molecule has 1 aromatic heterocycles. The van der Waals surface area contributed by atoms with Crippen molar-refractivity contribution in [3.8, 4) is 5.75 Å². The lowest BCUT2D eigenvalue weighted by molar-refractivity contribution is -0.139. The SMILES string of the molecule is CN(Cc1ccc(OCC(=O)O)cc1)C(=O)c1cc(C2CC2)no1. The second-order valence-electron chi connectivity index (χ2n) is 5.88. The molecular weight excluding hydrogens is 312 g/mol. The van der Waals surface area contributed by atoms with Gasteiger partial charge in [-0.15, -0.1) is 0 Å². The molecule has 1 aliphatic rings. The van der Waals surface area contributed by atoms with Crippen molar-refractivity contribution in [1.29, 1.82) is 0 Å². The van der Waals surface area contributed by atoms with Gasteiger partial charge in [-0.2, -0.15) is 0 Å². The minimum absolute atomic E-state index is 0.222. The average molecular weight is 330 g/mol.